The van der Waals surface area contributed by atoms with Crippen LogP contribution in [0.1, 0.15) is 31.2 Å². The molecule has 17 heavy (non-hydrogen) atoms. The van der Waals surface area contributed by atoms with Crippen LogP contribution in [0.3, 0.4) is 0 Å². The molecule has 1 N–H and O–H groups in total. The van der Waals surface area contributed by atoms with Crippen molar-refractivity contribution in [2.24, 2.45) is 0 Å². The van der Waals surface area contributed by atoms with Crippen molar-refractivity contribution in [1.29, 1.82) is 5.26 Å². The fourth-order valence-corrected chi connectivity index (χ4v) is 2.21. The summed E-state index contributed by atoms with van der Waals surface area (Å²) >= 11 is 0. The lowest BCUT2D eigenvalue weighted by Gasteiger charge is -2.14. The first-order chi connectivity index (χ1) is 8.22. The summed E-state index contributed by atoms with van der Waals surface area (Å²) in [6.45, 7) is 0. The molecule has 1 aromatic rings. The Balaban J connectivity index is 2.34. The second kappa shape index (κ2) is 4.83. The summed E-state index contributed by atoms with van der Waals surface area (Å²) in [5.74, 6) is 0. The van der Waals surface area contributed by atoms with Crippen LogP contribution in [0.4, 0.5) is 11.4 Å². The number of rotatable bonds is 3. The van der Waals surface area contributed by atoms with E-state index in [9.17, 15) is 10.1 Å². The first-order valence-corrected chi connectivity index (χ1v) is 5.66. The fourth-order valence-electron chi connectivity index (χ4n) is 2.21. The van der Waals surface area contributed by atoms with Crippen LogP contribution in [-0.4, -0.2) is 11.0 Å². The van der Waals surface area contributed by atoms with Crippen LogP contribution in [0.5, 0.6) is 0 Å². The molecule has 0 radical (unpaired) electrons. The molecule has 2 rings (SSSR count). The van der Waals surface area contributed by atoms with E-state index >= 15 is 0 Å². The Labute approximate surface area is 99.2 Å². The summed E-state index contributed by atoms with van der Waals surface area (Å²) in [4.78, 5) is 10.5. The molecule has 0 aromatic heterocycles. The lowest BCUT2D eigenvalue weighted by molar-refractivity contribution is -0.384. The maximum Gasteiger partial charge on any atom is 0.293 e. The number of nitro groups is 1. The van der Waals surface area contributed by atoms with E-state index in [0.717, 1.165) is 25.7 Å². The lowest BCUT2D eigenvalue weighted by atomic mass is 10.1. The topological polar surface area (TPSA) is 79.0 Å². The van der Waals surface area contributed by atoms with Crippen LogP contribution < -0.4 is 5.32 Å². The van der Waals surface area contributed by atoms with Crippen molar-refractivity contribution in [2.45, 2.75) is 31.7 Å². The Kier molecular flexibility index (Phi) is 3.24. The molecular weight excluding hydrogens is 218 g/mol. The van der Waals surface area contributed by atoms with Gasteiger partial charge in [-0.2, -0.15) is 5.26 Å². The van der Waals surface area contributed by atoms with Crippen molar-refractivity contribution in [1.82, 2.24) is 0 Å². The summed E-state index contributed by atoms with van der Waals surface area (Å²) in [6.07, 6.45) is 4.30. The van der Waals surface area contributed by atoms with Gasteiger partial charge in [-0.1, -0.05) is 18.9 Å². The highest BCUT2D eigenvalue weighted by Crippen LogP contribution is 2.31. The highest BCUT2D eigenvalue weighted by Gasteiger charge is 2.22. The van der Waals surface area contributed by atoms with Crippen LogP contribution in [0.15, 0.2) is 18.2 Å². The van der Waals surface area contributed by atoms with E-state index in [1.165, 1.54) is 12.1 Å². The minimum atomic E-state index is -0.446. The number of nitro benzene ring substituents is 1. The molecule has 1 aromatic carbocycles. The monoisotopic (exact) mass is 231 g/mol. The number of hydrogen-bond donors (Lipinski definition) is 1. The largest absolute Gasteiger partial charge is 0.376 e. The van der Waals surface area contributed by atoms with Gasteiger partial charge < -0.3 is 5.32 Å². The van der Waals surface area contributed by atoms with Gasteiger partial charge in [-0.25, -0.2) is 0 Å². The quantitative estimate of drug-likeness (QED) is 0.640. The van der Waals surface area contributed by atoms with Gasteiger partial charge in [0.1, 0.15) is 11.8 Å². The average molecular weight is 231 g/mol. The van der Waals surface area contributed by atoms with Gasteiger partial charge in [-0.05, 0) is 18.9 Å². The normalized spacial score (nSPS) is 15.5. The van der Waals surface area contributed by atoms with Crippen molar-refractivity contribution >= 4 is 11.4 Å². The summed E-state index contributed by atoms with van der Waals surface area (Å²) in [7, 11) is 0. The second-order valence-electron chi connectivity index (χ2n) is 4.19. The van der Waals surface area contributed by atoms with Crippen molar-refractivity contribution in [2.75, 3.05) is 5.32 Å². The Morgan fingerprint density at radius 1 is 1.41 bits per heavy atom. The molecule has 1 fully saturated rings. The van der Waals surface area contributed by atoms with E-state index in [4.69, 9.17) is 5.26 Å². The van der Waals surface area contributed by atoms with Crippen LogP contribution in [-0.2, 0) is 0 Å². The highest BCUT2D eigenvalue weighted by atomic mass is 16.6. The molecule has 0 saturated heterocycles. The van der Waals surface area contributed by atoms with Crippen molar-refractivity contribution in [3.63, 3.8) is 0 Å². The molecule has 5 nitrogen and oxygen atoms in total. The van der Waals surface area contributed by atoms with Crippen LogP contribution >= 0.6 is 0 Å². The molecule has 0 aliphatic heterocycles. The van der Waals surface area contributed by atoms with Gasteiger partial charge in [0.05, 0.1) is 10.5 Å². The Bertz CT molecular complexity index is 473. The summed E-state index contributed by atoms with van der Waals surface area (Å²) in [5, 5.41) is 23.1. The Morgan fingerprint density at radius 2 is 2.12 bits per heavy atom. The van der Waals surface area contributed by atoms with E-state index in [2.05, 4.69) is 5.32 Å². The molecule has 0 amide bonds. The molecule has 88 valence electrons. The molecule has 0 spiro atoms. The second-order valence-corrected chi connectivity index (χ2v) is 4.19. The summed E-state index contributed by atoms with van der Waals surface area (Å²) in [5.41, 5.74) is 0.689. The maximum atomic E-state index is 10.9. The molecule has 1 saturated carbocycles. The van der Waals surface area contributed by atoms with Crippen LogP contribution in [0.25, 0.3) is 0 Å². The number of anilines is 1. The number of hydrogen-bond acceptors (Lipinski definition) is 4. The van der Waals surface area contributed by atoms with E-state index in [1.807, 2.05) is 6.07 Å². The first kappa shape index (κ1) is 11.4. The standard InChI is InChI=1S/C12H13N3O2/c13-8-9-4-3-7-11(15(16)17)12(9)14-10-5-1-2-6-10/h3-4,7,10,14H,1-2,5-6H2. The minimum absolute atomic E-state index is 0.0176. The van der Waals surface area contributed by atoms with Crippen LogP contribution in [0, 0.1) is 21.4 Å². The van der Waals surface area contributed by atoms with E-state index in [-0.39, 0.29) is 11.7 Å². The minimum Gasteiger partial charge on any atom is -0.376 e. The van der Waals surface area contributed by atoms with Gasteiger partial charge in [0.25, 0.3) is 5.69 Å². The predicted molar refractivity (Wildman–Crippen MR) is 63.7 cm³/mol. The molecule has 1 aliphatic carbocycles. The SMILES string of the molecule is N#Cc1cccc([N+](=O)[O-])c1NC1CCCC1. The molecule has 5 heteroatoms. The van der Waals surface area contributed by atoms with Gasteiger partial charge >= 0.3 is 0 Å². The van der Waals surface area contributed by atoms with Crippen LogP contribution in [0.2, 0.25) is 0 Å². The zero-order valence-corrected chi connectivity index (χ0v) is 9.35. The third-order valence-electron chi connectivity index (χ3n) is 3.06. The van der Waals surface area contributed by atoms with E-state index < -0.39 is 4.92 Å². The molecule has 1 aliphatic rings. The first-order valence-electron chi connectivity index (χ1n) is 5.66. The lowest BCUT2D eigenvalue weighted by Crippen LogP contribution is -2.16. The predicted octanol–water partition coefficient (Wildman–Crippen LogP) is 2.82. The maximum absolute atomic E-state index is 10.9. The van der Waals surface area contributed by atoms with Gasteiger partial charge in [-0.15, -0.1) is 0 Å². The number of nitrogens with zero attached hydrogens (tertiary/aromatic N) is 2. The Hall–Kier alpha value is -2.09. The number of nitriles is 1. The molecule has 0 heterocycles. The third kappa shape index (κ3) is 2.36. The average Bonchev–Trinajstić information content (AvgIpc) is 2.82. The molecular formula is C12H13N3O2. The Morgan fingerprint density at radius 3 is 2.71 bits per heavy atom. The zero-order valence-electron chi connectivity index (χ0n) is 9.35. The van der Waals surface area contributed by atoms with Gasteiger partial charge in [0, 0.05) is 12.1 Å². The number of benzene rings is 1. The van der Waals surface area contributed by atoms with Crippen molar-refractivity contribution in [3.05, 3.63) is 33.9 Å². The van der Waals surface area contributed by atoms with Gasteiger partial charge in [-0.3, -0.25) is 10.1 Å². The fraction of sp³-hybridized carbons (Fsp3) is 0.417. The van der Waals surface area contributed by atoms with Gasteiger partial charge in [0.15, 0.2) is 0 Å². The van der Waals surface area contributed by atoms with E-state index in [1.54, 1.807) is 6.07 Å². The third-order valence-corrected chi connectivity index (χ3v) is 3.06. The van der Waals surface area contributed by atoms with Gasteiger partial charge in [0.2, 0.25) is 0 Å². The van der Waals surface area contributed by atoms with Crippen molar-refractivity contribution < 1.29 is 4.92 Å². The number of nitrogens with one attached hydrogen (secondary N) is 1. The molecule has 0 unspecified atom stereocenters. The zero-order chi connectivity index (χ0) is 12.3. The highest BCUT2D eigenvalue weighted by molar-refractivity contribution is 5.70. The molecule has 0 bridgehead atoms. The number of para-hydroxylation sites is 1. The molecule has 0 atom stereocenters. The van der Waals surface area contributed by atoms with E-state index in [0.29, 0.717) is 11.3 Å². The summed E-state index contributed by atoms with van der Waals surface area (Å²) in [6, 6.07) is 6.82. The smallest absolute Gasteiger partial charge is 0.293 e. The summed E-state index contributed by atoms with van der Waals surface area (Å²) < 4.78 is 0. The van der Waals surface area contributed by atoms with Crippen molar-refractivity contribution in [3.8, 4) is 6.07 Å².